The van der Waals surface area contributed by atoms with Crippen LogP contribution in [0.1, 0.15) is 6.92 Å². The molecule has 8 heteroatoms. The summed E-state index contributed by atoms with van der Waals surface area (Å²) in [4.78, 5) is 21.8. The van der Waals surface area contributed by atoms with Crippen LogP contribution in [0.2, 0.25) is 0 Å². The molecule has 102 valence electrons. The van der Waals surface area contributed by atoms with Crippen molar-refractivity contribution in [3.63, 3.8) is 0 Å². The Kier molecular flexibility index (Phi) is 4.41. The topological polar surface area (TPSA) is 127 Å². The second kappa shape index (κ2) is 5.63. The number of nitrogens with one attached hydrogen (secondary N) is 1. The zero-order valence-corrected chi connectivity index (χ0v) is 10.8. The first-order valence-corrected chi connectivity index (χ1v) is 6.60. The van der Waals surface area contributed by atoms with Crippen LogP contribution in [-0.2, 0) is 19.6 Å². The molecule has 0 saturated heterocycles. The number of anilines is 1. The van der Waals surface area contributed by atoms with Crippen LogP contribution >= 0.6 is 0 Å². The molecule has 1 amide bonds. The van der Waals surface area contributed by atoms with E-state index in [1.807, 2.05) is 0 Å². The fraction of sp³-hybridized carbons (Fsp3) is 0.0909. The molecule has 7 nitrogen and oxygen atoms in total. The molecule has 1 aromatic carbocycles. The Balaban J connectivity index is 2.82. The van der Waals surface area contributed by atoms with E-state index in [-0.39, 0.29) is 10.5 Å². The van der Waals surface area contributed by atoms with Gasteiger partial charge in [0.25, 0.3) is 0 Å². The van der Waals surface area contributed by atoms with Gasteiger partial charge in [-0.15, -0.1) is 0 Å². The highest BCUT2D eigenvalue weighted by Crippen LogP contribution is 2.12. The number of rotatable bonds is 4. The van der Waals surface area contributed by atoms with Crippen LogP contribution in [-0.4, -0.2) is 25.4 Å². The number of hydrogen-bond donors (Lipinski definition) is 3. The van der Waals surface area contributed by atoms with Gasteiger partial charge in [0, 0.05) is 17.3 Å². The Morgan fingerprint density at radius 3 is 2.21 bits per heavy atom. The molecule has 0 aliphatic heterocycles. The minimum absolute atomic E-state index is 0.0808. The first kappa shape index (κ1) is 14.9. The van der Waals surface area contributed by atoms with Crippen LogP contribution in [0.3, 0.4) is 0 Å². The van der Waals surface area contributed by atoms with E-state index >= 15 is 0 Å². The van der Waals surface area contributed by atoms with Crippen LogP contribution in [0.15, 0.2) is 40.8 Å². The lowest BCUT2D eigenvalue weighted by atomic mass is 10.2. The highest BCUT2D eigenvalue weighted by molar-refractivity contribution is 7.89. The first-order valence-electron chi connectivity index (χ1n) is 5.05. The lowest BCUT2D eigenvalue weighted by Gasteiger charge is -2.03. The van der Waals surface area contributed by atoms with Gasteiger partial charge in [-0.05, 0) is 31.2 Å². The average Bonchev–Trinajstić information content (AvgIpc) is 2.28. The number of carboxylic acid groups (broad SMARTS) is 1. The second-order valence-corrected chi connectivity index (χ2v) is 5.25. The summed E-state index contributed by atoms with van der Waals surface area (Å²) in [5, 5.41) is 15.9. The van der Waals surface area contributed by atoms with Gasteiger partial charge in [-0.25, -0.2) is 18.4 Å². The number of aliphatic carboxylic acids is 1. The summed E-state index contributed by atoms with van der Waals surface area (Å²) >= 11 is 0. The molecule has 1 rings (SSSR count). The van der Waals surface area contributed by atoms with Gasteiger partial charge in [0.05, 0.1) is 4.90 Å². The van der Waals surface area contributed by atoms with E-state index in [9.17, 15) is 18.0 Å². The van der Waals surface area contributed by atoms with Crippen molar-refractivity contribution in [2.45, 2.75) is 11.8 Å². The van der Waals surface area contributed by atoms with Crippen molar-refractivity contribution in [3.8, 4) is 0 Å². The van der Waals surface area contributed by atoms with Gasteiger partial charge in [-0.2, -0.15) is 0 Å². The van der Waals surface area contributed by atoms with Gasteiger partial charge in [-0.3, -0.25) is 4.79 Å². The quantitative estimate of drug-likeness (QED) is 0.685. The molecular weight excluding hydrogens is 272 g/mol. The lowest BCUT2D eigenvalue weighted by Crippen LogP contribution is -2.13. The molecule has 0 saturated carbocycles. The Hall–Kier alpha value is -2.19. The standard InChI is InChI=1S/C11H12N2O5S/c1-7(11(15)16)6-10(14)13-8-2-4-9(5-3-8)19(12,17)18/h2-6H,1H3,(H,13,14)(H,15,16)(H2,12,17,18). The first-order chi connectivity index (χ1) is 8.70. The monoisotopic (exact) mass is 284 g/mol. The summed E-state index contributed by atoms with van der Waals surface area (Å²) < 4.78 is 22.0. The Morgan fingerprint density at radius 2 is 1.79 bits per heavy atom. The normalized spacial score (nSPS) is 12.0. The summed E-state index contributed by atoms with van der Waals surface area (Å²) in [7, 11) is -3.78. The van der Waals surface area contributed by atoms with Gasteiger partial charge in [0.2, 0.25) is 15.9 Å². The van der Waals surface area contributed by atoms with Gasteiger partial charge in [-0.1, -0.05) is 0 Å². The molecule has 0 heterocycles. The minimum atomic E-state index is -3.78. The predicted octanol–water partition coefficient (Wildman–Crippen LogP) is 0.303. The maximum atomic E-state index is 11.4. The number of nitrogens with two attached hydrogens (primary N) is 1. The maximum absolute atomic E-state index is 11.4. The molecule has 0 fully saturated rings. The molecule has 4 N–H and O–H groups in total. The highest BCUT2D eigenvalue weighted by Gasteiger charge is 2.08. The molecule has 0 aliphatic carbocycles. The van der Waals surface area contributed by atoms with E-state index in [4.69, 9.17) is 10.2 Å². The number of primary sulfonamides is 1. The second-order valence-electron chi connectivity index (χ2n) is 3.69. The Morgan fingerprint density at radius 1 is 1.26 bits per heavy atom. The van der Waals surface area contributed by atoms with Crippen molar-refractivity contribution < 1.29 is 23.1 Å². The van der Waals surface area contributed by atoms with Crippen LogP contribution in [0, 0.1) is 0 Å². The molecule has 0 atom stereocenters. The van der Waals surface area contributed by atoms with E-state index in [0.717, 1.165) is 6.08 Å². The largest absolute Gasteiger partial charge is 0.478 e. The molecular formula is C11H12N2O5S. The third kappa shape index (κ3) is 4.53. The van der Waals surface area contributed by atoms with E-state index in [2.05, 4.69) is 5.32 Å². The summed E-state index contributed by atoms with van der Waals surface area (Å²) in [5.41, 5.74) is 0.213. The Bertz CT molecular complexity index is 632. The van der Waals surface area contributed by atoms with Crippen LogP contribution in [0.5, 0.6) is 0 Å². The van der Waals surface area contributed by atoms with Crippen molar-refractivity contribution in [1.82, 2.24) is 0 Å². The average molecular weight is 284 g/mol. The predicted molar refractivity (Wildman–Crippen MR) is 67.8 cm³/mol. The van der Waals surface area contributed by atoms with Gasteiger partial charge >= 0.3 is 5.97 Å². The highest BCUT2D eigenvalue weighted by atomic mass is 32.2. The number of carbonyl (C=O) groups excluding carboxylic acids is 1. The summed E-state index contributed by atoms with van der Waals surface area (Å²) in [6.45, 7) is 1.28. The molecule has 0 aliphatic rings. The zero-order valence-electron chi connectivity index (χ0n) is 9.95. The third-order valence-electron chi connectivity index (χ3n) is 2.14. The van der Waals surface area contributed by atoms with E-state index in [1.54, 1.807) is 0 Å². The summed E-state index contributed by atoms with van der Waals surface area (Å²) in [6.07, 6.45) is 0.927. The third-order valence-corrected chi connectivity index (χ3v) is 3.06. The van der Waals surface area contributed by atoms with Crippen molar-refractivity contribution in [1.29, 1.82) is 0 Å². The maximum Gasteiger partial charge on any atom is 0.331 e. The molecule has 0 unspecified atom stereocenters. The fourth-order valence-electron chi connectivity index (χ4n) is 1.16. The zero-order chi connectivity index (χ0) is 14.6. The molecule has 0 radical (unpaired) electrons. The summed E-state index contributed by atoms with van der Waals surface area (Å²) in [6, 6.07) is 5.17. The van der Waals surface area contributed by atoms with Crippen LogP contribution < -0.4 is 10.5 Å². The Labute approximate surface area is 109 Å². The van der Waals surface area contributed by atoms with Crippen LogP contribution in [0.4, 0.5) is 5.69 Å². The molecule has 19 heavy (non-hydrogen) atoms. The van der Waals surface area contributed by atoms with Gasteiger partial charge in [0.1, 0.15) is 0 Å². The van der Waals surface area contributed by atoms with Gasteiger partial charge < -0.3 is 10.4 Å². The minimum Gasteiger partial charge on any atom is -0.478 e. The van der Waals surface area contributed by atoms with Crippen LogP contribution in [0.25, 0.3) is 0 Å². The van der Waals surface area contributed by atoms with E-state index in [0.29, 0.717) is 5.69 Å². The number of carbonyl (C=O) groups is 2. The number of hydrogen-bond acceptors (Lipinski definition) is 4. The van der Waals surface area contributed by atoms with E-state index in [1.165, 1.54) is 31.2 Å². The van der Waals surface area contributed by atoms with Crippen molar-refractivity contribution in [2.24, 2.45) is 5.14 Å². The fourth-order valence-corrected chi connectivity index (χ4v) is 1.68. The van der Waals surface area contributed by atoms with Crippen molar-refractivity contribution >= 4 is 27.6 Å². The van der Waals surface area contributed by atoms with E-state index < -0.39 is 21.9 Å². The number of amides is 1. The lowest BCUT2D eigenvalue weighted by molar-refractivity contribution is -0.132. The van der Waals surface area contributed by atoms with Gasteiger partial charge in [0.15, 0.2) is 0 Å². The van der Waals surface area contributed by atoms with Crippen molar-refractivity contribution in [2.75, 3.05) is 5.32 Å². The number of sulfonamides is 1. The molecule has 0 aromatic heterocycles. The molecule has 0 spiro atoms. The molecule has 1 aromatic rings. The molecule has 0 bridgehead atoms. The smallest absolute Gasteiger partial charge is 0.331 e. The SMILES string of the molecule is CC(=CC(=O)Nc1ccc(S(N)(=O)=O)cc1)C(=O)O. The number of benzene rings is 1. The van der Waals surface area contributed by atoms with Crippen molar-refractivity contribution in [3.05, 3.63) is 35.9 Å². The summed E-state index contributed by atoms with van der Waals surface area (Å²) in [5.74, 6) is -1.82. The number of carboxylic acids is 1.